The molecule has 12 nitrogen and oxygen atoms in total. The van der Waals surface area contributed by atoms with Crippen molar-refractivity contribution in [3.63, 3.8) is 0 Å². The molecule has 3 aromatic carbocycles. The van der Waals surface area contributed by atoms with E-state index in [0.717, 1.165) is 99.6 Å². The molecule has 0 bridgehead atoms. The number of fused-ring (bicyclic) bond motifs is 6. The van der Waals surface area contributed by atoms with Gasteiger partial charge in [-0.15, -0.1) is 0 Å². The van der Waals surface area contributed by atoms with E-state index in [1.807, 2.05) is 24.9 Å². The van der Waals surface area contributed by atoms with E-state index < -0.39 is 12.1 Å². The molecule has 3 aliphatic heterocycles. The number of carbonyl (C=O) groups is 2. The van der Waals surface area contributed by atoms with Crippen molar-refractivity contribution in [2.45, 2.75) is 84.2 Å². The van der Waals surface area contributed by atoms with Crippen LogP contribution in [0.3, 0.4) is 0 Å². The molecular formula is C42H51N7O5. The zero-order valence-corrected chi connectivity index (χ0v) is 32.3. The maximum atomic E-state index is 13.7. The van der Waals surface area contributed by atoms with E-state index >= 15 is 0 Å². The number of alkyl carbamates (subject to hydrolysis) is 1. The number of aromatic nitrogens is 4. The Kier molecular flexibility index (Phi) is 9.38. The van der Waals surface area contributed by atoms with Gasteiger partial charge in [-0.2, -0.15) is 0 Å². The third kappa shape index (κ3) is 6.49. The summed E-state index contributed by atoms with van der Waals surface area (Å²) in [7, 11) is 3.08. The number of rotatable bonds is 8. The van der Waals surface area contributed by atoms with Crippen LogP contribution < -0.4 is 10.1 Å². The molecule has 2 saturated heterocycles. The van der Waals surface area contributed by atoms with Gasteiger partial charge in [0.05, 0.1) is 48.7 Å². The summed E-state index contributed by atoms with van der Waals surface area (Å²) in [5.74, 6) is 2.82. The van der Waals surface area contributed by atoms with Crippen LogP contribution in [0.2, 0.25) is 0 Å². The Balaban J connectivity index is 1.06. The Morgan fingerprint density at radius 2 is 1.87 bits per heavy atom. The second-order valence-corrected chi connectivity index (χ2v) is 16.4. The summed E-state index contributed by atoms with van der Waals surface area (Å²) in [5.41, 5.74) is 7.19. The number of methoxy groups -OCH3 is 2. The average molecular weight is 734 g/mol. The molecule has 54 heavy (non-hydrogen) atoms. The molecule has 2 amide bonds. The van der Waals surface area contributed by atoms with Crippen LogP contribution in [0.4, 0.5) is 4.79 Å². The summed E-state index contributed by atoms with van der Waals surface area (Å²) in [6, 6.07) is 14.4. The Bertz CT molecular complexity index is 2220. The van der Waals surface area contributed by atoms with Gasteiger partial charge in [0.15, 0.2) is 0 Å². The Labute approximate surface area is 316 Å². The van der Waals surface area contributed by atoms with E-state index in [1.165, 1.54) is 7.11 Å². The summed E-state index contributed by atoms with van der Waals surface area (Å²) in [5, 5.41) is 4.78. The lowest BCUT2D eigenvalue weighted by Crippen LogP contribution is -2.51. The number of aromatic amines is 2. The molecule has 5 aromatic rings. The number of hydrogen-bond donors (Lipinski definition) is 3. The number of nitrogens with one attached hydrogen (secondary N) is 3. The van der Waals surface area contributed by atoms with Crippen LogP contribution in [0.1, 0.15) is 83.2 Å². The van der Waals surface area contributed by atoms with Crippen LogP contribution in [-0.2, 0) is 20.9 Å². The summed E-state index contributed by atoms with van der Waals surface area (Å²) < 4.78 is 16.8. The van der Waals surface area contributed by atoms with Gasteiger partial charge in [-0.05, 0) is 98.2 Å². The maximum absolute atomic E-state index is 13.7. The van der Waals surface area contributed by atoms with Crippen molar-refractivity contribution in [3.05, 3.63) is 65.9 Å². The number of ether oxygens (including phenoxy) is 3. The van der Waals surface area contributed by atoms with Crippen molar-refractivity contribution < 1.29 is 23.8 Å². The molecule has 284 valence electrons. The van der Waals surface area contributed by atoms with Gasteiger partial charge in [-0.1, -0.05) is 32.0 Å². The molecule has 12 heteroatoms. The second kappa shape index (κ2) is 14.0. The van der Waals surface area contributed by atoms with Crippen LogP contribution in [-0.4, -0.2) is 87.2 Å². The molecule has 0 radical (unpaired) electrons. The topological polar surface area (TPSA) is 138 Å². The smallest absolute Gasteiger partial charge is 0.407 e. The van der Waals surface area contributed by atoms with Crippen LogP contribution in [0.25, 0.3) is 44.2 Å². The highest BCUT2D eigenvalue weighted by Crippen LogP contribution is 2.44. The van der Waals surface area contributed by atoms with Crippen molar-refractivity contribution in [2.24, 2.45) is 11.8 Å². The zero-order valence-electron chi connectivity index (χ0n) is 32.3. The molecule has 0 saturated carbocycles. The quantitative estimate of drug-likeness (QED) is 0.149. The van der Waals surface area contributed by atoms with E-state index in [-0.39, 0.29) is 29.4 Å². The van der Waals surface area contributed by atoms with Crippen molar-refractivity contribution in [3.8, 4) is 28.1 Å². The lowest BCUT2D eigenvalue weighted by atomic mass is 9.92. The maximum Gasteiger partial charge on any atom is 0.407 e. The number of imidazole rings is 2. The van der Waals surface area contributed by atoms with Gasteiger partial charge in [0.1, 0.15) is 30.0 Å². The van der Waals surface area contributed by atoms with Crippen LogP contribution in [0.5, 0.6) is 5.75 Å². The first-order valence-corrected chi connectivity index (χ1v) is 19.1. The fourth-order valence-corrected chi connectivity index (χ4v) is 8.76. The lowest BCUT2D eigenvalue weighted by molar-refractivity contribution is -0.135. The van der Waals surface area contributed by atoms with Crippen LogP contribution in [0, 0.1) is 11.8 Å². The van der Waals surface area contributed by atoms with Crippen molar-refractivity contribution >= 4 is 33.8 Å². The normalized spacial score (nSPS) is 20.7. The fourth-order valence-electron chi connectivity index (χ4n) is 8.76. The van der Waals surface area contributed by atoms with Gasteiger partial charge in [-0.3, -0.25) is 9.69 Å². The third-order valence-corrected chi connectivity index (χ3v) is 11.5. The van der Waals surface area contributed by atoms with Crippen molar-refractivity contribution in [1.29, 1.82) is 0 Å². The number of amides is 2. The number of H-pyrrole nitrogens is 2. The van der Waals surface area contributed by atoms with E-state index in [0.29, 0.717) is 19.1 Å². The number of likely N-dealkylation sites (tertiary alicyclic amines) is 2. The van der Waals surface area contributed by atoms with Gasteiger partial charge in [0.2, 0.25) is 5.91 Å². The minimum Gasteiger partial charge on any atom is -0.488 e. The number of benzene rings is 3. The van der Waals surface area contributed by atoms with Gasteiger partial charge < -0.3 is 34.4 Å². The number of nitrogens with zero attached hydrogens (tertiary/aromatic N) is 4. The number of carbonyl (C=O) groups excluding carboxylic acids is 2. The predicted octanol–water partition coefficient (Wildman–Crippen LogP) is 7.52. The average Bonchev–Trinajstić information content (AvgIpc) is 3.98. The first-order valence-electron chi connectivity index (χ1n) is 19.1. The highest BCUT2D eigenvalue weighted by molar-refractivity contribution is 6.07. The first-order chi connectivity index (χ1) is 25.9. The molecule has 2 fully saturated rings. The Morgan fingerprint density at radius 3 is 2.63 bits per heavy atom. The van der Waals surface area contributed by atoms with E-state index in [1.54, 1.807) is 7.11 Å². The molecule has 3 aliphatic rings. The van der Waals surface area contributed by atoms with E-state index in [4.69, 9.17) is 24.2 Å². The van der Waals surface area contributed by atoms with Gasteiger partial charge in [0, 0.05) is 36.7 Å². The fraction of sp³-hybridized carbons (Fsp3) is 0.476. The Hall–Kier alpha value is -4.94. The zero-order chi connectivity index (χ0) is 37.9. The molecule has 0 unspecified atom stereocenters. The lowest BCUT2D eigenvalue weighted by Gasteiger charge is -2.36. The van der Waals surface area contributed by atoms with Gasteiger partial charge in [-0.25, -0.2) is 14.8 Å². The van der Waals surface area contributed by atoms with E-state index in [2.05, 4.69) is 83.4 Å². The standard InChI is InChI=1S/C42H51N7O5/c1-23(2)36(47-41(51)53-7)40(50)48-14-8-9-33(48)39-44-31-13-11-25-17-30-28-12-10-26(16-27(28)22-54-35(30)18-29(25)37(31)46-39)32-19-43-38(45-32)34-15-24(21-52-6)20-49(34)42(3,4)5/h10-13,16-19,23-24,33-34,36H,8-9,14-15,20-22H2,1-7H3,(H,43,45)(H,44,46)(H,47,51)/t24-,33-,34-,36-/m0/s1. The molecule has 0 aliphatic carbocycles. The highest BCUT2D eigenvalue weighted by Gasteiger charge is 2.41. The molecule has 3 N–H and O–H groups in total. The molecular weight excluding hydrogens is 683 g/mol. The summed E-state index contributed by atoms with van der Waals surface area (Å²) >= 11 is 0. The van der Waals surface area contributed by atoms with Gasteiger partial charge in [0.25, 0.3) is 0 Å². The highest BCUT2D eigenvalue weighted by atomic mass is 16.5. The van der Waals surface area contributed by atoms with Gasteiger partial charge >= 0.3 is 6.09 Å². The summed E-state index contributed by atoms with van der Waals surface area (Å²) in [6.07, 6.45) is 4.00. The molecule has 5 heterocycles. The largest absolute Gasteiger partial charge is 0.488 e. The van der Waals surface area contributed by atoms with Crippen LogP contribution >= 0.6 is 0 Å². The summed E-state index contributed by atoms with van der Waals surface area (Å²) in [4.78, 5) is 47.3. The summed E-state index contributed by atoms with van der Waals surface area (Å²) in [6.45, 7) is 13.4. The van der Waals surface area contributed by atoms with E-state index in [9.17, 15) is 9.59 Å². The molecule has 2 aromatic heterocycles. The molecule has 0 spiro atoms. The monoisotopic (exact) mass is 733 g/mol. The van der Waals surface area contributed by atoms with Crippen LogP contribution in [0.15, 0.2) is 48.7 Å². The number of hydrogen-bond acceptors (Lipinski definition) is 8. The minimum absolute atomic E-state index is 0.0204. The molecule has 8 rings (SSSR count). The Morgan fingerprint density at radius 1 is 1.04 bits per heavy atom. The van der Waals surface area contributed by atoms with Crippen molar-refractivity contribution in [1.82, 2.24) is 35.1 Å². The minimum atomic E-state index is -0.687. The third-order valence-electron chi connectivity index (χ3n) is 11.5. The SMILES string of the molecule is COC[C@H]1C[C@@H](c2ncc(-c3ccc4c(c3)COc3cc5c(ccc6[nH]c([C@@H]7CCCN7C(=O)[C@@H](NC(=O)OC)C(C)C)nc65)cc3-4)[nH]2)N(C(C)(C)C)C1. The second-order valence-electron chi connectivity index (χ2n) is 16.4. The van der Waals surface area contributed by atoms with Crippen molar-refractivity contribution in [2.75, 3.05) is 33.9 Å². The first kappa shape index (κ1) is 36.1. The molecule has 4 atom stereocenters. The predicted molar refractivity (Wildman–Crippen MR) is 208 cm³/mol.